The Balaban J connectivity index is 2.30. The van der Waals surface area contributed by atoms with Crippen molar-refractivity contribution in [3.63, 3.8) is 0 Å². The summed E-state index contributed by atoms with van der Waals surface area (Å²) < 4.78 is 49.4. The van der Waals surface area contributed by atoms with Gasteiger partial charge in [-0.2, -0.15) is 16.6 Å². The van der Waals surface area contributed by atoms with Gasteiger partial charge in [0.05, 0.1) is 44.4 Å². The van der Waals surface area contributed by atoms with Crippen molar-refractivity contribution in [2.24, 2.45) is 0 Å². The number of sulfonamides is 1. The van der Waals surface area contributed by atoms with E-state index in [0.717, 1.165) is 11.3 Å². The van der Waals surface area contributed by atoms with E-state index in [-0.39, 0.29) is 50.6 Å². The van der Waals surface area contributed by atoms with Crippen LogP contribution in [0.2, 0.25) is 5.02 Å². The molecule has 180 valence electrons. The molecule has 0 aliphatic carbocycles. The highest BCUT2D eigenvalue weighted by Gasteiger charge is 2.38. The molecule has 0 saturated heterocycles. The maximum absolute atomic E-state index is 13.6. The zero-order chi connectivity index (χ0) is 25.0. The van der Waals surface area contributed by atoms with Gasteiger partial charge < -0.3 is 18.7 Å². The molecule has 1 aromatic carbocycles. The first-order chi connectivity index (χ1) is 16.2. The summed E-state index contributed by atoms with van der Waals surface area (Å²) in [5.41, 5.74) is 0.726. The van der Waals surface area contributed by atoms with Crippen LogP contribution in [0.5, 0.6) is 17.2 Å². The third-order valence-corrected chi connectivity index (χ3v) is 7.53. The van der Waals surface area contributed by atoms with Gasteiger partial charge in [0.1, 0.15) is 10.9 Å². The molecule has 3 rings (SSSR count). The van der Waals surface area contributed by atoms with Crippen molar-refractivity contribution >= 4 is 38.9 Å². The number of nitrogens with one attached hydrogen (secondary N) is 1. The SMILES string of the molecule is COc1cc(CC#N)c(C(C(=O)NS(=O)(=O)c2ccsc2)c2onc(C)c2Cl)c(OC)c1OC. The molecule has 0 bridgehead atoms. The smallest absolute Gasteiger partial charge is 0.264 e. The van der Waals surface area contributed by atoms with E-state index in [2.05, 4.69) is 9.88 Å². The summed E-state index contributed by atoms with van der Waals surface area (Å²) in [4.78, 5) is 13.5. The zero-order valence-electron chi connectivity index (χ0n) is 18.5. The first kappa shape index (κ1) is 25.4. The first-order valence-corrected chi connectivity index (χ1v) is 12.4. The number of aromatic nitrogens is 1. The fourth-order valence-electron chi connectivity index (χ4n) is 3.37. The van der Waals surface area contributed by atoms with Crippen molar-refractivity contribution in [1.29, 1.82) is 5.26 Å². The van der Waals surface area contributed by atoms with Gasteiger partial charge >= 0.3 is 0 Å². The summed E-state index contributed by atoms with van der Waals surface area (Å²) in [5.74, 6) is -2.15. The molecule has 13 heteroatoms. The third-order valence-electron chi connectivity index (χ3n) is 4.89. The quantitative estimate of drug-likeness (QED) is 0.444. The van der Waals surface area contributed by atoms with Gasteiger partial charge in [-0.05, 0) is 30.0 Å². The number of amides is 1. The molecule has 0 aliphatic rings. The predicted molar refractivity (Wildman–Crippen MR) is 123 cm³/mol. The molecule has 0 aliphatic heterocycles. The van der Waals surface area contributed by atoms with Gasteiger partial charge in [-0.1, -0.05) is 16.8 Å². The topological polar surface area (TPSA) is 141 Å². The summed E-state index contributed by atoms with van der Waals surface area (Å²) in [5, 5.41) is 16.2. The van der Waals surface area contributed by atoms with E-state index >= 15 is 0 Å². The lowest BCUT2D eigenvalue weighted by Gasteiger charge is -2.23. The van der Waals surface area contributed by atoms with Crippen LogP contribution in [0, 0.1) is 18.3 Å². The molecule has 0 radical (unpaired) electrons. The second kappa shape index (κ2) is 10.3. The average Bonchev–Trinajstić information content (AvgIpc) is 3.46. The number of ether oxygens (including phenoxy) is 3. The van der Waals surface area contributed by atoms with Gasteiger partial charge in [-0.25, -0.2) is 13.1 Å². The summed E-state index contributed by atoms with van der Waals surface area (Å²) >= 11 is 7.54. The highest BCUT2D eigenvalue weighted by Crippen LogP contribution is 2.48. The van der Waals surface area contributed by atoms with Crippen LogP contribution in [0.4, 0.5) is 0 Å². The number of hydrogen-bond acceptors (Lipinski definition) is 10. The van der Waals surface area contributed by atoms with Gasteiger partial charge in [0.2, 0.25) is 11.7 Å². The third kappa shape index (κ3) is 4.68. The van der Waals surface area contributed by atoms with Gasteiger partial charge in [0, 0.05) is 10.9 Å². The van der Waals surface area contributed by atoms with E-state index in [1.165, 1.54) is 38.8 Å². The molecule has 2 aromatic heterocycles. The summed E-state index contributed by atoms with van der Waals surface area (Å²) in [7, 11) is -0.103. The van der Waals surface area contributed by atoms with Gasteiger partial charge in [-0.15, -0.1) is 0 Å². The number of methoxy groups -OCH3 is 3. The van der Waals surface area contributed by atoms with Crippen LogP contribution in [0.15, 0.2) is 32.3 Å². The lowest BCUT2D eigenvalue weighted by Crippen LogP contribution is -2.35. The van der Waals surface area contributed by atoms with Gasteiger partial charge in [0.25, 0.3) is 10.0 Å². The van der Waals surface area contributed by atoms with E-state index in [1.807, 2.05) is 6.07 Å². The maximum atomic E-state index is 13.6. The molecule has 1 amide bonds. The Morgan fingerprint density at radius 2 is 2.00 bits per heavy atom. The molecule has 10 nitrogen and oxygen atoms in total. The minimum absolute atomic E-state index is 0.0211. The van der Waals surface area contributed by atoms with E-state index < -0.39 is 21.8 Å². The van der Waals surface area contributed by atoms with Crippen LogP contribution < -0.4 is 18.9 Å². The molecule has 0 saturated carbocycles. The lowest BCUT2D eigenvalue weighted by atomic mass is 9.88. The second-order valence-corrected chi connectivity index (χ2v) is 9.70. The molecular weight excluding hydrogens is 506 g/mol. The number of nitrogens with zero attached hydrogens (tertiary/aromatic N) is 2. The summed E-state index contributed by atoms with van der Waals surface area (Å²) in [6, 6.07) is 4.89. The molecular formula is C21H20ClN3O7S2. The highest BCUT2D eigenvalue weighted by molar-refractivity contribution is 7.90. The number of thiophene rings is 1. The van der Waals surface area contributed by atoms with Crippen molar-refractivity contribution in [2.75, 3.05) is 21.3 Å². The maximum Gasteiger partial charge on any atom is 0.264 e. The van der Waals surface area contributed by atoms with Gasteiger partial charge in [-0.3, -0.25) is 4.79 Å². The number of halogens is 1. The number of aryl methyl sites for hydroxylation is 1. The van der Waals surface area contributed by atoms with Gasteiger partial charge in [0.15, 0.2) is 17.3 Å². The minimum Gasteiger partial charge on any atom is -0.493 e. The molecule has 0 fully saturated rings. The number of benzene rings is 1. The number of nitriles is 1. The van der Waals surface area contributed by atoms with Crippen molar-refractivity contribution < 1.29 is 31.9 Å². The number of hydrogen-bond donors (Lipinski definition) is 1. The van der Waals surface area contributed by atoms with Crippen LogP contribution in [-0.4, -0.2) is 40.8 Å². The summed E-state index contributed by atoms with van der Waals surface area (Å²) in [6.07, 6.45) is -0.169. The number of rotatable bonds is 9. The van der Waals surface area contributed by atoms with Crippen LogP contribution in [0.25, 0.3) is 0 Å². The fraction of sp³-hybridized carbons (Fsp3) is 0.286. The molecule has 3 aromatic rings. The highest BCUT2D eigenvalue weighted by atomic mass is 35.5. The molecule has 1 atom stereocenters. The fourth-order valence-corrected chi connectivity index (χ4v) is 5.57. The van der Waals surface area contributed by atoms with E-state index in [1.54, 1.807) is 12.3 Å². The first-order valence-electron chi connectivity index (χ1n) is 9.59. The van der Waals surface area contributed by atoms with Crippen LogP contribution in [0.1, 0.15) is 28.5 Å². The normalized spacial score (nSPS) is 12.0. The van der Waals surface area contributed by atoms with Crippen molar-refractivity contribution in [2.45, 2.75) is 24.2 Å². The molecule has 1 unspecified atom stereocenters. The van der Waals surface area contributed by atoms with Crippen LogP contribution in [0.3, 0.4) is 0 Å². The van der Waals surface area contributed by atoms with Crippen molar-refractivity contribution in [3.05, 3.63) is 50.5 Å². The molecule has 34 heavy (non-hydrogen) atoms. The second-order valence-electron chi connectivity index (χ2n) is 6.86. The Bertz CT molecular complexity index is 1350. The standard InChI is InChI=1S/C21H20ClN3O7S2/c1-11-17(22)19(32-24-11)16(21(26)25-34(27,28)13-6-8-33-10-13)15-12(5-7-23)9-14(29-2)18(30-3)20(15)31-4/h6,8-10,16H,5H2,1-4H3,(H,25,26). The zero-order valence-corrected chi connectivity index (χ0v) is 20.9. The number of carbonyl (C=O) groups excluding carboxylic acids is 1. The molecule has 0 spiro atoms. The Kier molecular flexibility index (Phi) is 7.71. The van der Waals surface area contributed by atoms with E-state index in [9.17, 15) is 18.5 Å². The predicted octanol–water partition coefficient (Wildman–Crippen LogP) is 3.43. The average molecular weight is 526 g/mol. The Labute approximate surface area is 205 Å². The van der Waals surface area contributed by atoms with E-state index in [0.29, 0.717) is 5.56 Å². The molecule has 2 heterocycles. The number of carbonyl (C=O) groups is 1. The Hall–Kier alpha value is -3.27. The minimum atomic E-state index is -4.21. The van der Waals surface area contributed by atoms with Crippen LogP contribution in [-0.2, 0) is 21.2 Å². The van der Waals surface area contributed by atoms with Crippen molar-refractivity contribution in [1.82, 2.24) is 9.88 Å². The van der Waals surface area contributed by atoms with Crippen LogP contribution >= 0.6 is 22.9 Å². The van der Waals surface area contributed by atoms with E-state index in [4.69, 9.17) is 30.3 Å². The Morgan fingerprint density at radius 3 is 2.50 bits per heavy atom. The largest absolute Gasteiger partial charge is 0.493 e. The monoisotopic (exact) mass is 525 g/mol. The Morgan fingerprint density at radius 1 is 1.29 bits per heavy atom. The van der Waals surface area contributed by atoms with Crippen molar-refractivity contribution in [3.8, 4) is 23.3 Å². The lowest BCUT2D eigenvalue weighted by molar-refractivity contribution is -0.120. The molecule has 1 N–H and O–H groups in total. The summed E-state index contributed by atoms with van der Waals surface area (Å²) in [6.45, 7) is 1.56.